The molecule has 30 heavy (non-hydrogen) atoms. The summed E-state index contributed by atoms with van der Waals surface area (Å²) in [6.45, 7) is 5.85. The molecule has 1 atom stereocenters. The van der Waals surface area contributed by atoms with Gasteiger partial charge in [-0.2, -0.15) is 13.2 Å². The van der Waals surface area contributed by atoms with E-state index in [1.807, 2.05) is 38.1 Å². The first-order valence-corrected chi connectivity index (χ1v) is 10.3. The molecule has 172 valence electrons. The van der Waals surface area contributed by atoms with Gasteiger partial charge in [-0.1, -0.05) is 29.8 Å². The molecule has 2 rings (SSSR count). The van der Waals surface area contributed by atoms with E-state index in [2.05, 4.69) is 15.6 Å². The van der Waals surface area contributed by atoms with Crippen LogP contribution in [-0.4, -0.2) is 61.4 Å². The smallest absolute Gasteiger partial charge is 0.386 e. The normalized spacial score (nSPS) is 17.3. The van der Waals surface area contributed by atoms with Crippen molar-refractivity contribution in [1.29, 1.82) is 0 Å². The number of alkyl halides is 3. The molecule has 1 fully saturated rings. The van der Waals surface area contributed by atoms with Crippen molar-refractivity contribution in [3.8, 4) is 0 Å². The number of guanidine groups is 1. The third-order valence-corrected chi connectivity index (χ3v) is 5.18. The first-order valence-electron chi connectivity index (χ1n) is 10.3. The van der Waals surface area contributed by atoms with Gasteiger partial charge in [-0.15, -0.1) is 24.0 Å². The van der Waals surface area contributed by atoms with Gasteiger partial charge in [0.05, 0.1) is 19.2 Å². The van der Waals surface area contributed by atoms with Crippen LogP contribution in [0.15, 0.2) is 29.3 Å². The Morgan fingerprint density at radius 3 is 2.40 bits per heavy atom. The molecule has 9 heteroatoms. The van der Waals surface area contributed by atoms with E-state index >= 15 is 0 Å². The molecule has 1 aromatic carbocycles. The number of halogens is 4. The number of aryl methyl sites for hydroxylation is 1. The first-order chi connectivity index (χ1) is 13.8. The third-order valence-electron chi connectivity index (χ3n) is 5.18. The number of hydrogen-bond acceptors (Lipinski definition) is 3. The number of hydrogen-bond donors (Lipinski definition) is 3. The molecule has 0 saturated carbocycles. The van der Waals surface area contributed by atoms with Gasteiger partial charge in [0.15, 0.2) is 5.96 Å². The molecule has 1 aromatic rings. The summed E-state index contributed by atoms with van der Waals surface area (Å²) in [5.41, 5.74) is 1.98. The highest BCUT2D eigenvalue weighted by atomic mass is 127. The fraction of sp³-hybridized carbons (Fsp3) is 0.667. The molecule has 0 aromatic heterocycles. The van der Waals surface area contributed by atoms with Crippen LogP contribution in [0.2, 0.25) is 0 Å². The molecule has 3 N–H and O–H groups in total. The van der Waals surface area contributed by atoms with E-state index in [1.165, 1.54) is 4.90 Å². The van der Waals surface area contributed by atoms with Crippen molar-refractivity contribution in [1.82, 2.24) is 15.5 Å². The van der Waals surface area contributed by atoms with Crippen LogP contribution in [0.5, 0.6) is 0 Å². The summed E-state index contributed by atoms with van der Waals surface area (Å²) in [5.74, 6) is 1.07. The number of aliphatic imine (C=N–C) groups is 1. The van der Waals surface area contributed by atoms with Crippen molar-refractivity contribution in [2.75, 3.05) is 39.3 Å². The molecule has 1 saturated heterocycles. The predicted octanol–water partition coefficient (Wildman–Crippen LogP) is 3.87. The summed E-state index contributed by atoms with van der Waals surface area (Å²) in [4.78, 5) is 5.95. The molecule has 1 aliphatic rings. The SMILES string of the molecule is CCNC(=NCC(O)c1ccc(C)cc1)NCCC1CCN(CC(F)(F)F)CC1.I. The second-order valence-corrected chi connectivity index (χ2v) is 7.70. The van der Waals surface area contributed by atoms with Crippen molar-refractivity contribution in [3.05, 3.63) is 35.4 Å². The second-order valence-electron chi connectivity index (χ2n) is 7.70. The number of aliphatic hydroxyl groups excluding tert-OH is 1. The lowest BCUT2D eigenvalue weighted by Gasteiger charge is -2.32. The Bertz CT molecular complexity index is 632. The highest BCUT2D eigenvalue weighted by Crippen LogP contribution is 2.24. The Hall–Kier alpha value is -1.07. The zero-order valence-electron chi connectivity index (χ0n) is 17.7. The van der Waals surface area contributed by atoms with Gasteiger partial charge in [-0.05, 0) is 57.7 Å². The highest BCUT2D eigenvalue weighted by molar-refractivity contribution is 14.0. The van der Waals surface area contributed by atoms with Gasteiger partial charge in [-0.3, -0.25) is 9.89 Å². The van der Waals surface area contributed by atoms with Crippen LogP contribution in [0.3, 0.4) is 0 Å². The lowest BCUT2D eigenvalue weighted by molar-refractivity contribution is -0.148. The molecule has 1 heterocycles. The predicted molar refractivity (Wildman–Crippen MR) is 125 cm³/mol. The standard InChI is InChI=1S/C21H33F3N4O.HI/c1-3-25-20(27-14-19(29)18-6-4-16(2)5-7-18)26-11-8-17-9-12-28(13-10-17)15-21(22,23)24;/h4-7,17,19,29H,3,8-15H2,1-2H3,(H2,25,26,27);1H. The third kappa shape index (κ3) is 10.3. The fourth-order valence-electron chi connectivity index (χ4n) is 3.49. The number of aliphatic hydroxyl groups is 1. The van der Waals surface area contributed by atoms with Gasteiger partial charge in [0, 0.05) is 13.1 Å². The summed E-state index contributed by atoms with van der Waals surface area (Å²) < 4.78 is 37.4. The maximum absolute atomic E-state index is 12.5. The fourth-order valence-corrected chi connectivity index (χ4v) is 3.49. The van der Waals surface area contributed by atoms with Crippen molar-refractivity contribution in [2.24, 2.45) is 10.9 Å². The average Bonchev–Trinajstić information content (AvgIpc) is 2.66. The molecule has 1 unspecified atom stereocenters. The number of benzene rings is 1. The Morgan fingerprint density at radius 2 is 1.83 bits per heavy atom. The molecular weight excluding hydrogens is 508 g/mol. The molecule has 0 bridgehead atoms. The monoisotopic (exact) mass is 542 g/mol. The van der Waals surface area contributed by atoms with Crippen molar-refractivity contribution in [2.45, 2.75) is 45.4 Å². The Labute approximate surface area is 194 Å². The number of nitrogens with one attached hydrogen (secondary N) is 2. The minimum atomic E-state index is -4.12. The van der Waals surface area contributed by atoms with Crippen molar-refractivity contribution >= 4 is 29.9 Å². The summed E-state index contributed by atoms with van der Waals surface area (Å²) in [6.07, 6.45) is -2.31. The van der Waals surface area contributed by atoms with Crippen LogP contribution in [0.1, 0.15) is 43.4 Å². The van der Waals surface area contributed by atoms with Crippen molar-refractivity contribution < 1.29 is 18.3 Å². The van der Waals surface area contributed by atoms with E-state index in [4.69, 9.17) is 0 Å². The maximum Gasteiger partial charge on any atom is 0.401 e. The summed E-state index contributed by atoms with van der Waals surface area (Å²) >= 11 is 0. The average molecular weight is 542 g/mol. The van der Waals surface area contributed by atoms with E-state index in [1.54, 1.807) is 0 Å². The van der Waals surface area contributed by atoms with Crippen LogP contribution in [0.25, 0.3) is 0 Å². The second kappa shape index (κ2) is 13.4. The molecule has 0 radical (unpaired) electrons. The topological polar surface area (TPSA) is 59.9 Å². The Kier molecular flexibility index (Phi) is 12.0. The zero-order chi connectivity index (χ0) is 21.3. The quantitative estimate of drug-likeness (QED) is 0.265. The van der Waals surface area contributed by atoms with Crippen LogP contribution in [0, 0.1) is 12.8 Å². The van der Waals surface area contributed by atoms with Crippen LogP contribution in [0.4, 0.5) is 13.2 Å². The van der Waals surface area contributed by atoms with Gasteiger partial charge < -0.3 is 15.7 Å². The Morgan fingerprint density at radius 1 is 1.20 bits per heavy atom. The molecule has 1 aliphatic heterocycles. The zero-order valence-corrected chi connectivity index (χ0v) is 20.0. The summed E-state index contributed by atoms with van der Waals surface area (Å²) in [7, 11) is 0. The minimum absolute atomic E-state index is 0. The first kappa shape index (κ1) is 27.0. The van der Waals surface area contributed by atoms with E-state index in [9.17, 15) is 18.3 Å². The van der Waals surface area contributed by atoms with E-state index in [0.717, 1.165) is 30.4 Å². The van der Waals surface area contributed by atoms with Gasteiger partial charge in [0.1, 0.15) is 0 Å². The summed E-state index contributed by atoms with van der Waals surface area (Å²) in [6, 6.07) is 7.74. The van der Waals surface area contributed by atoms with Crippen molar-refractivity contribution in [3.63, 3.8) is 0 Å². The molecule has 5 nitrogen and oxygen atoms in total. The number of nitrogens with zero attached hydrogens (tertiary/aromatic N) is 2. The van der Waals surface area contributed by atoms with Crippen LogP contribution in [-0.2, 0) is 0 Å². The largest absolute Gasteiger partial charge is 0.401 e. The van der Waals surface area contributed by atoms with E-state index in [0.29, 0.717) is 38.1 Å². The number of rotatable bonds is 8. The van der Waals surface area contributed by atoms with E-state index < -0.39 is 18.8 Å². The van der Waals surface area contributed by atoms with Gasteiger partial charge in [-0.25, -0.2) is 0 Å². The minimum Gasteiger partial charge on any atom is -0.386 e. The van der Waals surface area contributed by atoms with Crippen LogP contribution >= 0.6 is 24.0 Å². The maximum atomic E-state index is 12.5. The molecule has 0 spiro atoms. The number of piperidine rings is 1. The number of likely N-dealkylation sites (tertiary alicyclic amines) is 1. The highest BCUT2D eigenvalue weighted by Gasteiger charge is 2.32. The Balaban J connectivity index is 0.00000450. The molecule has 0 amide bonds. The lowest BCUT2D eigenvalue weighted by Crippen LogP contribution is -2.41. The van der Waals surface area contributed by atoms with Gasteiger partial charge >= 0.3 is 6.18 Å². The van der Waals surface area contributed by atoms with Gasteiger partial charge in [0.2, 0.25) is 0 Å². The molecule has 0 aliphatic carbocycles. The van der Waals surface area contributed by atoms with Crippen LogP contribution < -0.4 is 10.6 Å². The van der Waals surface area contributed by atoms with Gasteiger partial charge in [0.25, 0.3) is 0 Å². The lowest BCUT2D eigenvalue weighted by atomic mass is 9.93. The summed E-state index contributed by atoms with van der Waals surface area (Å²) in [5, 5.41) is 16.7. The molecular formula is C21H34F3IN4O. The van der Waals surface area contributed by atoms with E-state index in [-0.39, 0.29) is 30.5 Å².